The molecule has 3 nitrogen and oxygen atoms in total. The van der Waals surface area contributed by atoms with Crippen LogP contribution in [0.3, 0.4) is 0 Å². The summed E-state index contributed by atoms with van der Waals surface area (Å²) in [6.45, 7) is 4.49. The second-order valence-corrected chi connectivity index (χ2v) is 6.27. The molecule has 2 N–H and O–H groups in total. The molecule has 104 valence electrons. The van der Waals surface area contributed by atoms with Gasteiger partial charge in [0.05, 0.1) is 11.3 Å². The quantitative estimate of drug-likeness (QED) is 0.863. The average molecular weight is 326 g/mol. The van der Waals surface area contributed by atoms with Crippen molar-refractivity contribution >= 4 is 27.6 Å². The Kier molecular flexibility index (Phi) is 4.50. The maximum atomic E-state index is 11.3. The lowest BCUT2D eigenvalue weighted by Crippen LogP contribution is -2.25. The number of anilines is 1. The summed E-state index contributed by atoms with van der Waals surface area (Å²) >= 11 is 3.40. The zero-order chi connectivity index (χ0) is 14.0. The Hall–Kier alpha value is -1.03. The highest BCUT2D eigenvalue weighted by Gasteiger charge is 2.32. The third-order valence-electron chi connectivity index (χ3n) is 4.30. The highest BCUT2D eigenvalue weighted by atomic mass is 79.9. The molecule has 2 rings (SSSR count). The normalized spacial score (nSPS) is 26.4. The number of nitrogens with one attached hydrogen (secondary N) is 1. The molecule has 0 aromatic heterocycles. The SMILES string of the molecule is CCC1CCC(Nc2cc(Br)ccc2C(=O)O)C1C. The molecule has 1 aliphatic rings. The summed E-state index contributed by atoms with van der Waals surface area (Å²) in [5.74, 6) is 0.455. The van der Waals surface area contributed by atoms with Crippen molar-refractivity contribution in [2.45, 2.75) is 39.2 Å². The van der Waals surface area contributed by atoms with Crippen LogP contribution in [-0.2, 0) is 0 Å². The first kappa shape index (κ1) is 14.4. The van der Waals surface area contributed by atoms with Gasteiger partial charge in [-0.2, -0.15) is 0 Å². The number of carboxylic acids is 1. The number of hydrogen-bond acceptors (Lipinski definition) is 2. The lowest BCUT2D eigenvalue weighted by molar-refractivity contribution is 0.0698. The van der Waals surface area contributed by atoms with Gasteiger partial charge in [0.2, 0.25) is 0 Å². The lowest BCUT2D eigenvalue weighted by Gasteiger charge is -2.23. The molecule has 0 radical (unpaired) electrons. The van der Waals surface area contributed by atoms with E-state index in [-0.39, 0.29) is 0 Å². The summed E-state index contributed by atoms with van der Waals surface area (Å²) in [4.78, 5) is 11.3. The van der Waals surface area contributed by atoms with Gasteiger partial charge in [-0.15, -0.1) is 0 Å². The molecule has 1 saturated carbocycles. The van der Waals surface area contributed by atoms with Crippen LogP contribution in [-0.4, -0.2) is 17.1 Å². The van der Waals surface area contributed by atoms with Crippen LogP contribution < -0.4 is 5.32 Å². The van der Waals surface area contributed by atoms with E-state index < -0.39 is 5.97 Å². The Morgan fingerprint density at radius 2 is 2.21 bits per heavy atom. The van der Waals surface area contributed by atoms with Crippen LogP contribution in [0.1, 0.15) is 43.5 Å². The second-order valence-electron chi connectivity index (χ2n) is 5.35. The summed E-state index contributed by atoms with van der Waals surface area (Å²) in [5, 5.41) is 12.7. The first-order chi connectivity index (χ1) is 9.02. The van der Waals surface area contributed by atoms with E-state index in [1.165, 1.54) is 12.8 Å². The molecule has 0 heterocycles. The summed E-state index contributed by atoms with van der Waals surface area (Å²) < 4.78 is 0.901. The van der Waals surface area contributed by atoms with Crippen molar-refractivity contribution in [2.24, 2.45) is 11.8 Å². The van der Waals surface area contributed by atoms with Crippen LogP contribution in [0.2, 0.25) is 0 Å². The summed E-state index contributed by atoms with van der Waals surface area (Å²) in [7, 11) is 0. The Labute approximate surface area is 122 Å². The monoisotopic (exact) mass is 325 g/mol. The average Bonchev–Trinajstić information content (AvgIpc) is 2.70. The van der Waals surface area contributed by atoms with Gasteiger partial charge in [0, 0.05) is 10.5 Å². The molecule has 0 amide bonds. The fraction of sp³-hybridized carbons (Fsp3) is 0.533. The minimum Gasteiger partial charge on any atom is -0.478 e. The molecule has 4 heteroatoms. The van der Waals surface area contributed by atoms with E-state index in [9.17, 15) is 9.90 Å². The fourth-order valence-corrected chi connectivity index (χ4v) is 3.41. The van der Waals surface area contributed by atoms with Gasteiger partial charge in [-0.3, -0.25) is 0 Å². The van der Waals surface area contributed by atoms with Crippen molar-refractivity contribution in [1.29, 1.82) is 0 Å². The van der Waals surface area contributed by atoms with Gasteiger partial charge < -0.3 is 10.4 Å². The maximum absolute atomic E-state index is 11.3. The van der Waals surface area contributed by atoms with Crippen molar-refractivity contribution in [3.8, 4) is 0 Å². The standard InChI is InChI=1S/C15H20BrNO2/c1-3-10-4-7-13(9(10)2)17-14-8-11(16)5-6-12(14)15(18)19/h5-6,8-10,13,17H,3-4,7H2,1-2H3,(H,18,19). The van der Waals surface area contributed by atoms with Crippen molar-refractivity contribution in [2.75, 3.05) is 5.32 Å². The zero-order valence-corrected chi connectivity index (χ0v) is 12.9. The number of rotatable bonds is 4. The minimum absolute atomic E-state index is 0.343. The van der Waals surface area contributed by atoms with Gasteiger partial charge >= 0.3 is 5.97 Å². The van der Waals surface area contributed by atoms with Crippen molar-refractivity contribution in [1.82, 2.24) is 0 Å². The number of carboxylic acid groups (broad SMARTS) is 1. The summed E-state index contributed by atoms with van der Waals surface area (Å²) in [5.41, 5.74) is 1.06. The van der Waals surface area contributed by atoms with Gasteiger partial charge in [-0.1, -0.05) is 36.2 Å². The maximum Gasteiger partial charge on any atom is 0.337 e. The molecule has 0 saturated heterocycles. The molecule has 19 heavy (non-hydrogen) atoms. The van der Waals surface area contributed by atoms with E-state index in [2.05, 4.69) is 35.1 Å². The Morgan fingerprint density at radius 3 is 2.79 bits per heavy atom. The van der Waals surface area contributed by atoms with Crippen molar-refractivity contribution in [3.63, 3.8) is 0 Å². The first-order valence-corrected chi connectivity index (χ1v) is 7.61. The number of benzene rings is 1. The van der Waals surface area contributed by atoms with Gasteiger partial charge in [0.15, 0.2) is 0 Å². The molecule has 3 atom stereocenters. The Bertz CT molecular complexity index is 475. The fourth-order valence-electron chi connectivity index (χ4n) is 3.05. The molecule has 0 bridgehead atoms. The van der Waals surface area contributed by atoms with E-state index in [0.29, 0.717) is 17.5 Å². The molecule has 1 fully saturated rings. The van der Waals surface area contributed by atoms with E-state index in [4.69, 9.17) is 0 Å². The molecule has 0 aliphatic heterocycles. The molecular formula is C15H20BrNO2. The van der Waals surface area contributed by atoms with Crippen LogP contribution in [0, 0.1) is 11.8 Å². The summed E-state index contributed by atoms with van der Waals surface area (Å²) in [6.07, 6.45) is 3.54. The number of aromatic carboxylic acids is 1. The minimum atomic E-state index is -0.882. The van der Waals surface area contributed by atoms with Crippen molar-refractivity contribution in [3.05, 3.63) is 28.2 Å². The van der Waals surface area contributed by atoms with Gasteiger partial charge in [0.1, 0.15) is 0 Å². The molecule has 3 unspecified atom stereocenters. The van der Waals surface area contributed by atoms with Gasteiger partial charge in [-0.25, -0.2) is 4.79 Å². The van der Waals surface area contributed by atoms with Gasteiger partial charge in [0.25, 0.3) is 0 Å². The largest absolute Gasteiger partial charge is 0.478 e. The second kappa shape index (κ2) is 5.95. The highest BCUT2D eigenvalue weighted by Crippen LogP contribution is 2.36. The predicted octanol–water partition coefficient (Wildman–Crippen LogP) is 4.38. The lowest BCUT2D eigenvalue weighted by atomic mass is 9.93. The van der Waals surface area contributed by atoms with Crippen molar-refractivity contribution < 1.29 is 9.90 Å². The topological polar surface area (TPSA) is 49.3 Å². The smallest absolute Gasteiger partial charge is 0.337 e. The molecule has 1 aliphatic carbocycles. The number of halogens is 1. The molecule has 1 aromatic rings. The summed E-state index contributed by atoms with van der Waals surface area (Å²) in [6, 6.07) is 5.64. The zero-order valence-electron chi connectivity index (χ0n) is 11.3. The predicted molar refractivity (Wildman–Crippen MR) is 80.7 cm³/mol. The van der Waals surface area contributed by atoms with E-state index in [1.54, 1.807) is 12.1 Å². The third-order valence-corrected chi connectivity index (χ3v) is 4.80. The van der Waals surface area contributed by atoms with Crippen LogP contribution >= 0.6 is 15.9 Å². The molecule has 1 aromatic carbocycles. The van der Waals surface area contributed by atoms with E-state index >= 15 is 0 Å². The first-order valence-electron chi connectivity index (χ1n) is 6.82. The van der Waals surface area contributed by atoms with E-state index in [1.807, 2.05) is 6.07 Å². The Balaban J connectivity index is 2.19. The van der Waals surface area contributed by atoms with Crippen LogP contribution in [0.4, 0.5) is 5.69 Å². The highest BCUT2D eigenvalue weighted by molar-refractivity contribution is 9.10. The van der Waals surface area contributed by atoms with Crippen LogP contribution in [0.25, 0.3) is 0 Å². The van der Waals surface area contributed by atoms with Crippen LogP contribution in [0.15, 0.2) is 22.7 Å². The van der Waals surface area contributed by atoms with E-state index in [0.717, 1.165) is 22.5 Å². The molecule has 0 spiro atoms. The number of carbonyl (C=O) groups is 1. The van der Waals surface area contributed by atoms with Gasteiger partial charge in [-0.05, 0) is 42.9 Å². The molecular weight excluding hydrogens is 306 g/mol. The third kappa shape index (κ3) is 3.11. The van der Waals surface area contributed by atoms with Crippen LogP contribution in [0.5, 0.6) is 0 Å². The Morgan fingerprint density at radius 1 is 1.47 bits per heavy atom. The number of hydrogen-bond donors (Lipinski definition) is 2.